The summed E-state index contributed by atoms with van der Waals surface area (Å²) in [6.45, 7) is 13.9. The summed E-state index contributed by atoms with van der Waals surface area (Å²) in [6, 6.07) is 11.7. The van der Waals surface area contributed by atoms with E-state index in [4.69, 9.17) is 0 Å². The van der Waals surface area contributed by atoms with E-state index in [1.54, 1.807) is 0 Å². The summed E-state index contributed by atoms with van der Waals surface area (Å²) < 4.78 is 0. The van der Waals surface area contributed by atoms with Gasteiger partial charge in [-0.1, -0.05) is 65.8 Å². The Balaban J connectivity index is 3.15. The third-order valence-electron chi connectivity index (χ3n) is 2.78. The summed E-state index contributed by atoms with van der Waals surface area (Å²) in [5.41, 5.74) is 1.88. The highest BCUT2D eigenvalue weighted by Crippen LogP contribution is 2.46. The third kappa shape index (κ3) is 3.09. The molecule has 0 bridgehead atoms. The number of benzene rings is 1. The normalized spacial score (nSPS) is 13.3. The number of hydrogen-bond donors (Lipinski definition) is 0. The summed E-state index contributed by atoms with van der Waals surface area (Å²) in [4.78, 5) is 0. The van der Waals surface area contributed by atoms with E-state index in [2.05, 4.69) is 59.7 Å². The van der Waals surface area contributed by atoms with Crippen LogP contribution in [0.5, 0.6) is 0 Å². The Bertz CT molecular complexity index is 281. The Morgan fingerprint density at radius 3 is 1.80 bits per heavy atom. The van der Waals surface area contributed by atoms with Crippen molar-refractivity contribution in [2.24, 2.45) is 10.8 Å². The van der Waals surface area contributed by atoms with Crippen LogP contribution in [0.4, 0.5) is 0 Å². The molecule has 1 radical (unpaired) electrons. The van der Waals surface area contributed by atoms with Crippen LogP contribution < -0.4 is 0 Å². The van der Waals surface area contributed by atoms with Crippen molar-refractivity contribution in [1.82, 2.24) is 0 Å². The Hall–Kier alpha value is -0.780. The number of rotatable bonds is 1. The molecule has 0 saturated heterocycles. The van der Waals surface area contributed by atoms with E-state index < -0.39 is 0 Å². The maximum absolute atomic E-state index is 3.38. The van der Waals surface area contributed by atoms with Gasteiger partial charge >= 0.3 is 0 Å². The average molecular weight is 203 g/mol. The minimum Gasteiger partial charge on any atom is -0.0619 e. The molecule has 0 N–H and O–H groups in total. The maximum Gasteiger partial charge on any atom is -0.00584 e. The predicted octanol–water partition coefficient (Wildman–Crippen LogP) is 4.66. The van der Waals surface area contributed by atoms with E-state index in [1.807, 2.05) is 12.1 Å². The lowest BCUT2D eigenvalue weighted by molar-refractivity contribution is 0.176. The second kappa shape index (κ2) is 4.00. The molecule has 0 heteroatoms. The lowest BCUT2D eigenvalue weighted by Gasteiger charge is -2.41. The molecule has 0 amide bonds. The Morgan fingerprint density at radius 1 is 0.933 bits per heavy atom. The highest BCUT2D eigenvalue weighted by atomic mass is 14.4. The molecule has 1 rings (SSSR count). The van der Waals surface area contributed by atoms with Crippen LogP contribution in [0.3, 0.4) is 0 Å². The molecular weight excluding hydrogens is 180 g/mol. The van der Waals surface area contributed by atoms with Gasteiger partial charge in [0.1, 0.15) is 0 Å². The monoisotopic (exact) mass is 203 g/mol. The summed E-state index contributed by atoms with van der Waals surface area (Å²) in [5.74, 6) is 0.534. The van der Waals surface area contributed by atoms with Gasteiger partial charge in [-0.05, 0) is 28.4 Å². The third-order valence-corrected chi connectivity index (χ3v) is 2.78. The van der Waals surface area contributed by atoms with Crippen LogP contribution in [-0.4, -0.2) is 0 Å². The molecule has 15 heavy (non-hydrogen) atoms. The van der Waals surface area contributed by atoms with Crippen LogP contribution in [0.15, 0.2) is 24.3 Å². The zero-order valence-electron chi connectivity index (χ0n) is 10.9. The van der Waals surface area contributed by atoms with Crippen LogP contribution >= 0.6 is 0 Å². The van der Waals surface area contributed by atoms with Gasteiger partial charge in [-0.15, -0.1) is 0 Å². The Labute approximate surface area is 94.7 Å². The molecule has 1 aromatic carbocycles. The second-order valence-electron chi connectivity index (χ2n) is 6.48. The van der Waals surface area contributed by atoms with E-state index in [-0.39, 0.29) is 10.8 Å². The van der Waals surface area contributed by atoms with Gasteiger partial charge < -0.3 is 0 Å². The van der Waals surface area contributed by atoms with Crippen molar-refractivity contribution >= 4 is 0 Å². The first-order valence-corrected chi connectivity index (χ1v) is 5.69. The molecule has 0 aliphatic carbocycles. The van der Waals surface area contributed by atoms with Crippen molar-refractivity contribution in [3.05, 3.63) is 35.9 Å². The molecule has 0 aromatic heterocycles. The first-order chi connectivity index (χ1) is 6.73. The highest BCUT2D eigenvalue weighted by Gasteiger charge is 2.35. The predicted molar refractivity (Wildman–Crippen MR) is 66.9 cm³/mol. The lowest BCUT2D eigenvalue weighted by Crippen LogP contribution is -2.30. The van der Waals surface area contributed by atoms with Crippen LogP contribution in [-0.2, 0) is 0 Å². The molecule has 0 spiro atoms. The van der Waals surface area contributed by atoms with Gasteiger partial charge in [-0.3, -0.25) is 0 Å². The first-order valence-electron chi connectivity index (χ1n) is 5.69. The highest BCUT2D eigenvalue weighted by molar-refractivity contribution is 5.22. The van der Waals surface area contributed by atoms with Crippen molar-refractivity contribution < 1.29 is 0 Å². The lowest BCUT2D eigenvalue weighted by atomic mass is 9.64. The fourth-order valence-electron chi connectivity index (χ4n) is 2.82. The largest absolute Gasteiger partial charge is 0.0619 e. The van der Waals surface area contributed by atoms with Gasteiger partial charge in [-0.25, -0.2) is 0 Å². The molecule has 0 nitrogen and oxygen atoms in total. The summed E-state index contributed by atoms with van der Waals surface area (Å²) in [6.07, 6.45) is 0. The molecular formula is C15H23. The quantitative estimate of drug-likeness (QED) is 0.622. The van der Waals surface area contributed by atoms with Gasteiger partial charge in [0.25, 0.3) is 0 Å². The molecule has 0 unspecified atom stereocenters. The van der Waals surface area contributed by atoms with Crippen LogP contribution in [0.1, 0.15) is 53.0 Å². The van der Waals surface area contributed by atoms with Gasteiger partial charge in [0.2, 0.25) is 0 Å². The minimum absolute atomic E-state index is 0.274. The summed E-state index contributed by atoms with van der Waals surface area (Å²) >= 11 is 0. The maximum atomic E-state index is 3.38. The van der Waals surface area contributed by atoms with Crippen molar-refractivity contribution in [1.29, 1.82) is 0 Å². The van der Waals surface area contributed by atoms with Crippen LogP contribution in [0.25, 0.3) is 0 Å². The van der Waals surface area contributed by atoms with Crippen LogP contribution in [0, 0.1) is 16.9 Å². The van der Waals surface area contributed by atoms with E-state index in [9.17, 15) is 0 Å². The Kier molecular flexibility index (Phi) is 3.28. The smallest absolute Gasteiger partial charge is 0.00584 e. The van der Waals surface area contributed by atoms with Gasteiger partial charge in [0.05, 0.1) is 0 Å². The van der Waals surface area contributed by atoms with E-state index in [0.717, 1.165) is 0 Å². The molecule has 0 heterocycles. The summed E-state index contributed by atoms with van der Waals surface area (Å²) in [7, 11) is 0. The summed E-state index contributed by atoms with van der Waals surface area (Å²) in [5, 5.41) is 0. The number of hydrogen-bond acceptors (Lipinski definition) is 0. The SMILES string of the molecule is CC(C)(C)C(c1[c]cccc1)C(C)(C)C. The second-order valence-corrected chi connectivity index (χ2v) is 6.48. The fraction of sp³-hybridized carbons (Fsp3) is 0.600. The molecule has 0 aliphatic rings. The molecule has 0 atom stereocenters. The van der Waals surface area contributed by atoms with Gasteiger partial charge in [0.15, 0.2) is 0 Å². The molecule has 0 fully saturated rings. The minimum atomic E-state index is 0.274. The molecule has 83 valence electrons. The van der Waals surface area contributed by atoms with E-state index in [0.29, 0.717) is 5.92 Å². The fourth-order valence-corrected chi connectivity index (χ4v) is 2.82. The van der Waals surface area contributed by atoms with Crippen molar-refractivity contribution in [2.45, 2.75) is 47.5 Å². The van der Waals surface area contributed by atoms with Crippen molar-refractivity contribution in [3.8, 4) is 0 Å². The van der Waals surface area contributed by atoms with Gasteiger partial charge in [-0.2, -0.15) is 0 Å². The average Bonchev–Trinajstić information content (AvgIpc) is 2.00. The standard InChI is InChI=1S/C15H23/c1-14(2,3)13(15(4,5)6)12-10-8-7-9-11-12/h7-10,13H,1-6H3. The zero-order chi connectivity index (χ0) is 11.7. The molecule has 1 aromatic rings. The molecule has 0 aliphatic heterocycles. The Morgan fingerprint density at radius 2 is 1.47 bits per heavy atom. The topological polar surface area (TPSA) is 0 Å². The zero-order valence-corrected chi connectivity index (χ0v) is 10.9. The van der Waals surface area contributed by atoms with E-state index in [1.165, 1.54) is 5.56 Å². The molecule has 0 saturated carbocycles. The van der Waals surface area contributed by atoms with Gasteiger partial charge in [0, 0.05) is 0 Å². The van der Waals surface area contributed by atoms with Crippen molar-refractivity contribution in [3.63, 3.8) is 0 Å². The first kappa shape index (κ1) is 12.3. The van der Waals surface area contributed by atoms with Crippen molar-refractivity contribution in [2.75, 3.05) is 0 Å². The van der Waals surface area contributed by atoms with Crippen LogP contribution in [0.2, 0.25) is 0 Å². The van der Waals surface area contributed by atoms with E-state index >= 15 is 0 Å².